The van der Waals surface area contributed by atoms with Gasteiger partial charge in [-0.1, -0.05) is 30.3 Å². The SMILES string of the molecule is COc1cccc(-c2cccc(CN3C[C@@H](CN(C)C)[C@@H](CO)C3)c2)c1. The van der Waals surface area contributed by atoms with Gasteiger partial charge in [0.05, 0.1) is 7.11 Å². The summed E-state index contributed by atoms with van der Waals surface area (Å²) in [6.07, 6.45) is 0. The molecule has 26 heavy (non-hydrogen) atoms. The van der Waals surface area contributed by atoms with Gasteiger partial charge >= 0.3 is 0 Å². The molecule has 1 saturated heterocycles. The average Bonchev–Trinajstić information content (AvgIpc) is 3.02. The summed E-state index contributed by atoms with van der Waals surface area (Å²) >= 11 is 0. The summed E-state index contributed by atoms with van der Waals surface area (Å²) in [6.45, 7) is 4.26. The van der Waals surface area contributed by atoms with E-state index in [0.29, 0.717) is 11.8 Å². The molecular formula is C22H30N2O2. The van der Waals surface area contributed by atoms with E-state index in [0.717, 1.165) is 31.9 Å². The topological polar surface area (TPSA) is 35.9 Å². The van der Waals surface area contributed by atoms with Gasteiger partial charge in [-0.05, 0) is 60.8 Å². The molecule has 2 aromatic carbocycles. The summed E-state index contributed by atoms with van der Waals surface area (Å²) in [4.78, 5) is 4.69. The number of likely N-dealkylation sites (tertiary alicyclic amines) is 1. The molecule has 0 spiro atoms. The molecule has 0 saturated carbocycles. The predicted molar refractivity (Wildman–Crippen MR) is 106 cm³/mol. The molecule has 3 rings (SSSR count). The molecule has 2 aromatic rings. The highest BCUT2D eigenvalue weighted by Crippen LogP contribution is 2.28. The van der Waals surface area contributed by atoms with Gasteiger partial charge in [-0.25, -0.2) is 0 Å². The first-order valence-corrected chi connectivity index (χ1v) is 9.30. The summed E-state index contributed by atoms with van der Waals surface area (Å²) in [5, 5.41) is 9.72. The predicted octanol–water partition coefficient (Wildman–Crippen LogP) is 2.96. The van der Waals surface area contributed by atoms with Gasteiger partial charge in [-0.3, -0.25) is 4.90 Å². The second-order valence-corrected chi connectivity index (χ2v) is 7.59. The molecule has 0 unspecified atom stereocenters. The van der Waals surface area contributed by atoms with Crippen LogP contribution in [-0.2, 0) is 6.54 Å². The van der Waals surface area contributed by atoms with Crippen molar-refractivity contribution in [2.75, 3.05) is 47.4 Å². The second kappa shape index (κ2) is 8.67. The van der Waals surface area contributed by atoms with E-state index in [2.05, 4.69) is 60.3 Å². The smallest absolute Gasteiger partial charge is 0.119 e. The fourth-order valence-electron chi connectivity index (χ4n) is 3.96. The van der Waals surface area contributed by atoms with Crippen LogP contribution in [0.4, 0.5) is 0 Å². The number of aliphatic hydroxyl groups is 1. The molecule has 1 N–H and O–H groups in total. The monoisotopic (exact) mass is 354 g/mol. The molecule has 0 aromatic heterocycles. The number of methoxy groups -OCH3 is 1. The van der Waals surface area contributed by atoms with Crippen LogP contribution in [0.5, 0.6) is 5.75 Å². The van der Waals surface area contributed by atoms with Gasteiger partial charge < -0.3 is 14.7 Å². The van der Waals surface area contributed by atoms with Crippen LogP contribution in [0.2, 0.25) is 0 Å². The minimum absolute atomic E-state index is 0.277. The maximum absolute atomic E-state index is 9.72. The number of aliphatic hydroxyl groups excluding tert-OH is 1. The van der Waals surface area contributed by atoms with Crippen molar-refractivity contribution in [2.24, 2.45) is 11.8 Å². The van der Waals surface area contributed by atoms with Crippen molar-refractivity contribution in [3.05, 3.63) is 54.1 Å². The van der Waals surface area contributed by atoms with E-state index in [1.54, 1.807) is 7.11 Å². The Bertz CT molecular complexity index is 717. The average molecular weight is 354 g/mol. The number of nitrogens with zero attached hydrogens (tertiary/aromatic N) is 2. The van der Waals surface area contributed by atoms with E-state index in [9.17, 15) is 5.11 Å². The lowest BCUT2D eigenvalue weighted by molar-refractivity contribution is 0.183. The molecule has 4 nitrogen and oxygen atoms in total. The van der Waals surface area contributed by atoms with Crippen molar-refractivity contribution >= 4 is 0 Å². The van der Waals surface area contributed by atoms with Crippen molar-refractivity contribution < 1.29 is 9.84 Å². The first-order chi connectivity index (χ1) is 12.6. The van der Waals surface area contributed by atoms with E-state index >= 15 is 0 Å². The van der Waals surface area contributed by atoms with E-state index in [1.165, 1.54) is 16.7 Å². The summed E-state index contributed by atoms with van der Waals surface area (Å²) in [5.41, 5.74) is 3.70. The van der Waals surface area contributed by atoms with Crippen molar-refractivity contribution in [1.29, 1.82) is 0 Å². The van der Waals surface area contributed by atoms with Crippen LogP contribution in [0.3, 0.4) is 0 Å². The molecule has 0 bridgehead atoms. The number of rotatable bonds is 7. The molecule has 0 aliphatic carbocycles. The zero-order valence-corrected chi connectivity index (χ0v) is 16.1. The van der Waals surface area contributed by atoms with Gasteiger partial charge in [0.25, 0.3) is 0 Å². The van der Waals surface area contributed by atoms with E-state index in [-0.39, 0.29) is 6.61 Å². The minimum atomic E-state index is 0.277. The van der Waals surface area contributed by atoms with Gasteiger partial charge in [0, 0.05) is 32.8 Å². The van der Waals surface area contributed by atoms with Crippen LogP contribution >= 0.6 is 0 Å². The lowest BCUT2D eigenvalue weighted by Gasteiger charge is -2.20. The van der Waals surface area contributed by atoms with Gasteiger partial charge in [0.2, 0.25) is 0 Å². The number of ether oxygens (including phenoxy) is 1. The third-order valence-electron chi connectivity index (χ3n) is 5.22. The number of hydrogen-bond acceptors (Lipinski definition) is 4. The summed E-state index contributed by atoms with van der Waals surface area (Å²) in [7, 11) is 5.91. The Morgan fingerprint density at radius 1 is 1.04 bits per heavy atom. The molecule has 140 valence electrons. The molecule has 0 amide bonds. The van der Waals surface area contributed by atoms with Crippen LogP contribution in [0.1, 0.15) is 5.56 Å². The van der Waals surface area contributed by atoms with Crippen LogP contribution in [0.15, 0.2) is 48.5 Å². The lowest BCUT2D eigenvalue weighted by atomic mass is 9.97. The highest BCUT2D eigenvalue weighted by molar-refractivity contribution is 5.65. The van der Waals surface area contributed by atoms with Gasteiger partial charge in [-0.2, -0.15) is 0 Å². The Labute approximate surface area is 157 Å². The van der Waals surface area contributed by atoms with Crippen molar-refractivity contribution in [1.82, 2.24) is 9.80 Å². The molecule has 1 fully saturated rings. The van der Waals surface area contributed by atoms with Gasteiger partial charge in [0.1, 0.15) is 5.75 Å². The first-order valence-electron chi connectivity index (χ1n) is 9.30. The zero-order chi connectivity index (χ0) is 18.5. The summed E-state index contributed by atoms with van der Waals surface area (Å²) < 4.78 is 5.35. The second-order valence-electron chi connectivity index (χ2n) is 7.59. The highest BCUT2D eigenvalue weighted by atomic mass is 16.5. The quantitative estimate of drug-likeness (QED) is 0.829. The normalized spacial score (nSPS) is 20.7. The minimum Gasteiger partial charge on any atom is -0.497 e. The fourth-order valence-corrected chi connectivity index (χ4v) is 3.96. The molecular weight excluding hydrogens is 324 g/mol. The maximum atomic E-state index is 9.72. The van der Waals surface area contributed by atoms with E-state index < -0.39 is 0 Å². The zero-order valence-electron chi connectivity index (χ0n) is 16.1. The van der Waals surface area contributed by atoms with Crippen LogP contribution in [0.25, 0.3) is 11.1 Å². The molecule has 0 radical (unpaired) electrons. The summed E-state index contributed by atoms with van der Waals surface area (Å²) in [6, 6.07) is 16.9. The third kappa shape index (κ3) is 4.64. The Morgan fingerprint density at radius 3 is 2.42 bits per heavy atom. The number of benzene rings is 2. The standard InChI is InChI=1S/C22H30N2O2/c1-23(2)13-20-14-24(15-21(20)16-25)12-17-6-4-7-18(10-17)19-8-5-9-22(11-19)26-3/h4-11,20-21,25H,12-16H2,1-3H3/t20-,21-/m1/s1. The first kappa shape index (κ1) is 18.9. The Kier molecular flexibility index (Phi) is 6.30. The van der Waals surface area contributed by atoms with Crippen molar-refractivity contribution in [2.45, 2.75) is 6.54 Å². The largest absolute Gasteiger partial charge is 0.497 e. The Hall–Kier alpha value is -1.88. The molecule has 4 heteroatoms. The molecule has 1 heterocycles. The van der Waals surface area contributed by atoms with Crippen LogP contribution in [-0.4, -0.2) is 62.4 Å². The van der Waals surface area contributed by atoms with E-state index in [4.69, 9.17) is 4.74 Å². The summed E-state index contributed by atoms with van der Waals surface area (Å²) in [5.74, 6) is 1.79. The number of hydrogen-bond donors (Lipinski definition) is 1. The fraction of sp³-hybridized carbons (Fsp3) is 0.455. The van der Waals surface area contributed by atoms with E-state index in [1.807, 2.05) is 12.1 Å². The van der Waals surface area contributed by atoms with Crippen molar-refractivity contribution in [3.8, 4) is 16.9 Å². The molecule has 2 atom stereocenters. The molecule has 1 aliphatic rings. The lowest BCUT2D eigenvalue weighted by Crippen LogP contribution is -2.28. The molecule has 1 aliphatic heterocycles. The van der Waals surface area contributed by atoms with Crippen LogP contribution in [0, 0.1) is 11.8 Å². The Morgan fingerprint density at radius 2 is 1.73 bits per heavy atom. The van der Waals surface area contributed by atoms with Gasteiger partial charge in [-0.15, -0.1) is 0 Å². The Balaban J connectivity index is 1.71. The van der Waals surface area contributed by atoms with Gasteiger partial charge in [0.15, 0.2) is 0 Å². The third-order valence-corrected chi connectivity index (χ3v) is 5.22. The highest BCUT2D eigenvalue weighted by Gasteiger charge is 2.32. The van der Waals surface area contributed by atoms with Crippen molar-refractivity contribution in [3.63, 3.8) is 0 Å². The maximum Gasteiger partial charge on any atom is 0.119 e. The van der Waals surface area contributed by atoms with Crippen LogP contribution < -0.4 is 4.74 Å².